The van der Waals surface area contributed by atoms with E-state index in [9.17, 15) is 0 Å². The van der Waals surface area contributed by atoms with Gasteiger partial charge in [-0.25, -0.2) is 4.98 Å². The van der Waals surface area contributed by atoms with E-state index in [-0.39, 0.29) is 6.04 Å². The van der Waals surface area contributed by atoms with Gasteiger partial charge in [-0.15, -0.1) is 11.3 Å². The summed E-state index contributed by atoms with van der Waals surface area (Å²) in [6.45, 7) is 7.22. The van der Waals surface area contributed by atoms with E-state index < -0.39 is 0 Å². The second-order valence-electron chi connectivity index (χ2n) is 5.73. The van der Waals surface area contributed by atoms with Crippen LogP contribution >= 0.6 is 11.3 Å². The molecule has 0 fully saturated rings. The predicted molar refractivity (Wildman–Crippen MR) is 87.1 cm³/mol. The van der Waals surface area contributed by atoms with Crippen molar-refractivity contribution in [2.24, 2.45) is 0 Å². The number of para-hydroxylation sites is 1. The number of ether oxygens (including phenoxy) is 1. The molecule has 3 rings (SSSR count). The van der Waals surface area contributed by atoms with Gasteiger partial charge in [-0.1, -0.05) is 18.2 Å². The second-order valence-corrected chi connectivity index (χ2v) is 7.00. The molecule has 4 heteroatoms. The number of hydrogen-bond donors (Lipinski definition) is 1. The molecular formula is C17H22N2OS. The van der Waals surface area contributed by atoms with Crippen molar-refractivity contribution in [1.29, 1.82) is 0 Å². The SMILES string of the molecule is Cc1cnc(C(C)NC2CCCOc3c(C)cccc32)s1. The van der Waals surface area contributed by atoms with E-state index >= 15 is 0 Å². The first-order chi connectivity index (χ1) is 10.1. The van der Waals surface area contributed by atoms with Crippen LogP contribution in [0, 0.1) is 13.8 Å². The third-order valence-corrected chi connectivity index (χ3v) is 5.06. The van der Waals surface area contributed by atoms with E-state index in [4.69, 9.17) is 4.74 Å². The first kappa shape index (κ1) is 14.5. The van der Waals surface area contributed by atoms with Crippen LogP contribution in [-0.4, -0.2) is 11.6 Å². The highest BCUT2D eigenvalue weighted by Gasteiger charge is 2.23. The highest BCUT2D eigenvalue weighted by atomic mass is 32.1. The molecule has 0 aliphatic carbocycles. The lowest BCUT2D eigenvalue weighted by atomic mass is 9.99. The van der Waals surface area contributed by atoms with Crippen molar-refractivity contribution < 1.29 is 4.74 Å². The van der Waals surface area contributed by atoms with E-state index in [2.05, 4.69) is 49.3 Å². The van der Waals surface area contributed by atoms with Crippen LogP contribution in [0.2, 0.25) is 0 Å². The number of aryl methyl sites for hydroxylation is 2. The van der Waals surface area contributed by atoms with Crippen LogP contribution in [0.5, 0.6) is 5.75 Å². The summed E-state index contributed by atoms with van der Waals surface area (Å²) in [5, 5.41) is 4.90. The van der Waals surface area contributed by atoms with Gasteiger partial charge in [0.15, 0.2) is 0 Å². The fraction of sp³-hybridized carbons (Fsp3) is 0.471. The molecule has 0 bridgehead atoms. The van der Waals surface area contributed by atoms with Gasteiger partial charge in [0.25, 0.3) is 0 Å². The van der Waals surface area contributed by atoms with Gasteiger partial charge in [0.05, 0.1) is 12.6 Å². The number of aromatic nitrogens is 1. The van der Waals surface area contributed by atoms with Crippen LogP contribution in [-0.2, 0) is 0 Å². The number of fused-ring (bicyclic) bond motifs is 1. The van der Waals surface area contributed by atoms with Crippen molar-refractivity contribution in [3.63, 3.8) is 0 Å². The lowest BCUT2D eigenvalue weighted by Crippen LogP contribution is -2.24. The molecule has 1 aromatic carbocycles. The van der Waals surface area contributed by atoms with Gasteiger partial charge < -0.3 is 10.1 Å². The normalized spacial score (nSPS) is 19.5. The number of benzene rings is 1. The Balaban J connectivity index is 1.84. The van der Waals surface area contributed by atoms with E-state index in [1.165, 1.54) is 16.0 Å². The zero-order valence-electron chi connectivity index (χ0n) is 12.8. The minimum atomic E-state index is 0.264. The summed E-state index contributed by atoms with van der Waals surface area (Å²) in [5.41, 5.74) is 2.51. The standard InChI is InChI=1S/C17H22N2OS/c1-11-6-4-7-14-15(8-5-9-20-16(11)14)19-13(3)17-18-10-12(2)21-17/h4,6-7,10,13,15,19H,5,8-9H2,1-3H3. The summed E-state index contributed by atoms with van der Waals surface area (Å²) >= 11 is 1.77. The average Bonchev–Trinajstić information content (AvgIpc) is 2.79. The van der Waals surface area contributed by atoms with Gasteiger partial charge in [-0.05, 0) is 39.2 Å². The average molecular weight is 302 g/mol. The molecule has 0 saturated heterocycles. The fourth-order valence-electron chi connectivity index (χ4n) is 2.88. The van der Waals surface area contributed by atoms with Crippen molar-refractivity contribution in [1.82, 2.24) is 10.3 Å². The minimum absolute atomic E-state index is 0.264. The molecule has 112 valence electrons. The van der Waals surface area contributed by atoms with Crippen LogP contribution < -0.4 is 10.1 Å². The van der Waals surface area contributed by atoms with Crippen molar-refractivity contribution >= 4 is 11.3 Å². The topological polar surface area (TPSA) is 34.2 Å². The second kappa shape index (κ2) is 6.16. The quantitative estimate of drug-likeness (QED) is 0.916. The maximum absolute atomic E-state index is 5.95. The van der Waals surface area contributed by atoms with Gasteiger partial charge >= 0.3 is 0 Å². The summed E-state index contributed by atoms with van der Waals surface area (Å²) in [6.07, 6.45) is 4.13. The molecule has 3 nitrogen and oxygen atoms in total. The molecule has 0 amide bonds. The largest absolute Gasteiger partial charge is 0.493 e. The minimum Gasteiger partial charge on any atom is -0.493 e. The maximum atomic E-state index is 5.95. The van der Waals surface area contributed by atoms with Crippen LogP contribution in [0.15, 0.2) is 24.4 Å². The third kappa shape index (κ3) is 3.11. The van der Waals surface area contributed by atoms with Gasteiger partial charge in [-0.2, -0.15) is 0 Å². The number of nitrogens with zero attached hydrogens (tertiary/aromatic N) is 1. The number of nitrogens with one attached hydrogen (secondary N) is 1. The first-order valence-electron chi connectivity index (χ1n) is 7.56. The smallest absolute Gasteiger partial charge is 0.126 e. The first-order valence-corrected chi connectivity index (χ1v) is 8.37. The molecule has 1 N–H and O–H groups in total. The van der Waals surface area contributed by atoms with Crippen LogP contribution in [0.25, 0.3) is 0 Å². The summed E-state index contributed by atoms with van der Waals surface area (Å²) < 4.78 is 5.95. The molecule has 2 aromatic rings. The molecule has 1 aromatic heterocycles. The third-order valence-electron chi connectivity index (χ3n) is 3.96. The number of rotatable bonds is 3. The van der Waals surface area contributed by atoms with Crippen LogP contribution in [0.3, 0.4) is 0 Å². The van der Waals surface area contributed by atoms with Crippen molar-refractivity contribution in [3.05, 3.63) is 45.4 Å². The Bertz CT molecular complexity index is 623. The lowest BCUT2D eigenvalue weighted by Gasteiger charge is -2.22. The van der Waals surface area contributed by atoms with Gasteiger partial charge in [0.1, 0.15) is 10.8 Å². The Hall–Kier alpha value is -1.39. The summed E-state index contributed by atoms with van der Waals surface area (Å²) in [4.78, 5) is 5.77. The zero-order valence-corrected chi connectivity index (χ0v) is 13.7. The van der Waals surface area contributed by atoms with E-state index in [0.717, 1.165) is 30.2 Å². The molecule has 0 saturated carbocycles. The molecule has 1 aliphatic rings. The molecule has 2 unspecified atom stereocenters. The van der Waals surface area contributed by atoms with E-state index in [0.29, 0.717) is 6.04 Å². The molecule has 0 spiro atoms. The van der Waals surface area contributed by atoms with E-state index in [1.54, 1.807) is 11.3 Å². The van der Waals surface area contributed by atoms with Crippen molar-refractivity contribution in [2.45, 2.75) is 45.7 Å². The molecular weight excluding hydrogens is 280 g/mol. The Kier molecular flexibility index (Phi) is 4.27. The Morgan fingerprint density at radius 3 is 3.00 bits per heavy atom. The van der Waals surface area contributed by atoms with Crippen molar-refractivity contribution in [2.75, 3.05) is 6.61 Å². The van der Waals surface area contributed by atoms with E-state index in [1.807, 2.05) is 6.20 Å². The highest BCUT2D eigenvalue weighted by Crippen LogP contribution is 2.35. The molecule has 2 heterocycles. The monoisotopic (exact) mass is 302 g/mol. The molecule has 0 radical (unpaired) electrons. The lowest BCUT2D eigenvalue weighted by molar-refractivity contribution is 0.312. The van der Waals surface area contributed by atoms with Crippen LogP contribution in [0.4, 0.5) is 0 Å². The Morgan fingerprint density at radius 1 is 1.38 bits per heavy atom. The molecule has 2 atom stereocenters. The highest BCUT2D eigenvalue weighted by molar-refractivity contribution is 7.11. The summed E-state index contributed by atoms with van der Waals surface area (Å²) in [6, 6.07) is 7.03. The van der Waals surface area contributed by atoms with Gasteiger partial charge in [0, 0.05) is 22.7 Å². The maximum Gasteiger partial charge on any atom is 0.126 e. The summed E-state index contributed by atoms with van der Waals surface area (Å²) in [7, 11) is 0. The van der Waals surface area contributed by atoms with Crippen molar-refractivity contribution in [3.8, 4) is 5.75 Å². The van der Waals surface area contributed by atoms with Gasteiger partial charge in [-0.3, -0.25) is 0 Å². The Labute approximate surface area is 130 Å². The number of hydrogen-bond acceptors (Lipinski definition) is 4. The molecule has 21 heavy (non-hydrogen) atoms. The number of thiazole rings is 1. The Morgan fingerprint density at radius 2 is 2.24 bits per heavy atom. The fourth-order valence-corrected chi connectivity index (χ4v) is 3.67. The van der Waals surface area contributed by atoms with Crippen LogP contribution in [0.1, 0.15) is 52.9 Å². The predicted octanol–water partition coefficient (Wildman–Crippen LogP) is 4.32. The van der Waals surface area contributed by atoms with Gasteiger partial charge in [0.2, 0.25) is 0 Å². The summed E-state index contributed by atoms with van der Waals surface area (Å²) in [5.74, 6) is 1.06. The zero-order chi connectivity index (χ0) is 14.8. The molecule has 1 aliphatic heterocycles.